The number of carbonyl (C=O) groups is 1. The van der Waals surface area contributed by atoms with Gasteiger partial charge in [0.15, 0.2) is 16.6 Å². The normalized spacial score (nSPS) is 19.9. The van der Waals surface area contributed by atoms with Gasteiger partial charge in [0, 0.05) is 17.6 Å². The molecule has 0 N–H and O–H groups in total. The summed E-state index contributed by atoms with van der Waals surface area (Å²) in [7, 11) is 3.46. The average molecular weight is 453 g/mol. The van der Waals surface area contributed by atoms with Crippen LogP contribution < -0.4 is 9.47 Å². The second kappa shape index (κ2) is 8.61. The standard InChI is InChI=1S/C20H25BrN2O3S/c1-4-26-18-12-15(21)13(11-17(18)25-3)10-16-19(24)23(20(27)22(16)2)14-8-6-5-7-9-14/h10-12,14H,4-9H2,1-3H3/b16-10-. The third-order valence-electron chi connectivity index (χ3n) is 5.11. The highest BCUT2D eigenvalue weighted by molar-refractivity contribution is 9.10. The predicted octanol–water partition coefficient (Wildman–Crippen LogP) is 4.59. The molecule has 1 aromatic carbocycles. The fourth-order valence-corrected chi connectivity index (χ4v) is 4.44. The number of amides is 1. The first-order valence-electron chi connectivity index (χ1n) is 9.31. The second-order valence-electron chi connectivity index (χ2n) is 6.80. The number of methoxy groups -OCH3 is 1. The average Bonchev–Trinajstić information content (AvgIpc) is 2.88. The molecule has 1 amide bonds. The number of nitrogens with zero attached hydrogens (tertiary/aromatic N) is 2. The van der Waals surface area contributed by atoms with Gasteiger partial charge in [0.1, 0.15) is 5.70 Å². The summed E-state index contributed by atoms with van der Waals surface area (Å²) in [4.78, 5) is 16.7. The van der Waals surface area contributed by atoms with Crippen molar-refractivity contribution in [3.8, 4) is 11.5 Å². The number of carbonyl (C=O) groups excluding carboxylic acids is 1. The van der Waals surface area contributed by atoms with Crippen LogP contribution in [0.2, 0.25) is 0 Å². The van der Waals surface area contributed by atoms with E-state index >= 15 is 0 Å². The molecule has 0 aromatic heterocycles. The Bertz CT molecular complexity index is 775. The van der Waals surface area contributed by atoms with E-state index in [0.717, 1.165) is 35.7 Å². The van der Waals surface area contributed by atoms with Crippen LogP contribution in [0.1, 0.15) is 44.6 Å². The number of thiocarbonyl (C=S) groups is 1. The summed E-state index contributed by atoms with van der Waals surface area (Å²) in [6, 6.07) is 3.95. The monoisotopic (exact) mass is 452 g/mol. The van der Waals surface area contributed by atoms with Gasteiger partial charge in [0.25, 0.3) is 5.91 Å². The van der Waals surface area contributed by atoms with Crippen LogP contribution in [0.4, 0.5) is 0 Å². The zero-order chi connectivity index (χ0) is 19.6. The van der Waals surface area contributed by atoms with Crippen LogP contribution in [0.5, 0.6) is 11.5 Å². The van der Waals surface area contributed by atoms with Crippen molar-refractivity contribution in [2.24, 2.45) is 0 Å². The minimum absolute atomic E-state index is 0.0193. The van der Waals surface area contributed by atoms with E-state index in [2.05, 4.69) is 15.9 Å². The van der Waals surface area contributed by atoms with Crippen molar-refractivity contribution in [2.45, 2.75) is 45.1 Å². The van der Waals surface area contributed by atoms with Crippen molar-refractivity contribution in [1.82, 2.24) is 9.80 Å². The minimum atomic E-state index is -0.0193. The highest BCUT2D eigenvalue weighted by atomic mass is 79.9. The Morgan fingerprint density at radius 3 is 2.59 bits per heavy atom. The Labute approximate surface area is 174 Å². The van der Waals surface area contributed by atoms with E-state index in [1.165, 1.54) is 6.42 Å². The van der Waals surface area contributed by atoms with Crippen LogP contribution in [-0.2, 0) is 4.79 Å². The van der Waals surface area contributed by atoms with Gasteiger partial charge in [-0.15, -0.1) is 0 Å². The molecule has 27 heavy (non-hydrogen) atoms. The van der Waals surface area contributed by atoms with E-state index in [-0.39, 0.29) is 11.9 Å². The van der Waals surface area contributed by atoms with E-state index in [1.54, 1.807) is 12.0 Å². The molecule has 1 aliphatic heterocycles. The Morgan fingerprint density at radius 1 is 1.26 bits per heavy atom. The zero-order valence-corrected chi connectivity index (χ0v) is 18.4. The zero-order valence-electron chi connectivity index (χ0n) is 16.0. The number of ether oxygens (including phenoxy) is 2. The van der Waals surface area contributed by atoms with Crippen molar-refractivity contribution < 1.29 is 14.3 Å². The van der Waals surface area contributed by atoms with Crippen LogP contribution in [0.25, 0.3) is 6.08 Å². The third kappa shape index (κ3) is 3.99. The molecular weight excluding hydrogens is 428 g/mol. The van der Waals surface area contributed by atoms with Crippen LogP contribution in [0, 0.1) is 0 Å². The quantitative estimate of drug-likeness (QED) is 0.482. The fourth-order valence-electron chi connectivity index (χ4n) is 3.67. The van der Waals surface area contributed by atoms with Crippen LogP contribution in [0.15, 0.2) is 22.3 Å². The van der Waals surface area contributed by atoms with Gasteiger partial charge in [-0.3, -0.25) is 9.69 Å². The first kappa shape index (κ1) is 20.1. The molecule has 0 bridgehead atoms. The molecule has 1 aliphatic carbocycles. The first-order valence-corrected chi connectivity index (χ1v) is 10.5. The van der Waals surface area contributed by atoms with Crippen molar-refractivity contribution in [1.29, 1.82) is 0 Å². The Morgan fingerprint density at radius 2 is 1.96 bits per heavy atom. The minimum Gasteiger partial charge on any atom is -0.493 e. The molecule has 3 rings (SSSR count). The molecule has 7 heteroatoms. The van der Waals surface area contributed by atoms with Crippen molar-refractivity contribution in [3.05, 3.63) is 27.9 Å². The largest absolute Gasteiger partial charge is 0.493 e. The van der Waals surface area contributed by atoms with Gasteiger partial charge in [-0.1, -0.05) is 35.2 Å². The van der Waals surface area contributed by atoms with Gasteiger partial charge < -0.3 is 14.4 Å². The molecule has 0 spiro atoms. The molecule has 2 aliphatic rings. The molecule has 0 atom stereocenters. The fraction of sp³-hybridized carbons (Fsp3) is 0.500. The number of benzene rings is 1. The second-order valence-corrected chi connectivity index (χ2v) is 8.02. The summed E-state index contributed by atoms with van der Waals surface area (Å²) in [5.74, 6) is 1.28. The lowest BCUT2D eigenvalue weighted by Crippen LogP contribution is -2.41. The first-order chi connectivity index (χ1) is 13.0. The van der Waals surface area contributed by atoms with E-state index in [1.807, 2.05) is 37.1 Å². The lowest BCUT2D eigenvalue weighted by molar-refractivity contribution is -0.124. The van der Waals surface area contributed by atoms with Crippen molar-refractivity contribution in [3.63, 3.8) is 0 Å². The SMILES string of the molecule is CCOc1cc(Br)c(/C=C2/C(=O)N(C3CCCCC3)C(=S)N2C)cc1OC. The maximum absolute atomic E-state index is 13.1. The summed E-state index contributed by atoms with van der Waals surface area (Å²) >= 11 is 9.16. The highest BCUT2D eigenvalue weighted by Gasteiger charge is 2.40. The summed E-state index contributed by atoms with van der Waals surface area (Å²) < 4.78 is 11.9. The van der Waals surface area contributed by atoms with Gasteiger partial charge in [0.2, 0.25) is 0 Å². The molecule has 2 fully saturated rings. The lowest BCUT2D eigenvalue weighted by atomic mass is 9.94. The van der Waals surface area contributed by atoms with Gasteiger partial charge in [0.05, 0.1) is 13.7 Å². The molecule has 1 saturated carbocycles. The predicted molar refractivity (Wildman–Crippen MR) is 114 cm³/mol. The Kier molecular flexibility index (Phi) is 6.42. The van der Waals surface area contributed by atoms with Gasteiger partial charge in [-0.05, 0) is 55.8 Å². The number of halogens is 1. The van der Waals surface area contributed by atoms with E-state index in [9.17, 15) is 4.79 Å². The smallest absolute Gasteiger partial charge is 0.277 e. The maximum atomic E-state index is 13.1. The molecule has 1 heterocycles. The van der Waals surface area contributed by atoms with Crippen LogP contribution in [0.3, 0.4) is 0 Å². The van der Waals surface area contributed by atoms with Crippen LogP contribution in [-0.4, -0.2) is 47.6 Å². The van der Waals surface area contributed by atoms with Gasteiger partial charge >= 0.3 is 0 Å². The van der Waals surface area contributed by atoms with Crippen LogP contribution >= 0.6 is 28.1 Å². The highest BCUT2D eigenvalue weighted by Crippen LogP contribution is 2.36. The topological polar surface area (TPSA) is 42.0 Å². The number of hydrogen-bond acceptors (Lipinski definition) is 4. The maximum Gasteiger partial charge on any atom is 0.277 e. The van der Waals surface area contributed by atoms with Gasteiger partial charge in [-0.2, -0.15) is 0 Å². The van der Waals surface area contributed by atoms with Gasteiger partial charge in [-0.25, -0.2) is 0 Å². The molecular formula is C20H25BrN2O3S. The summed E-state index contributed by atoms with van der Waals surface area (Å²) in [6.45, 7) is 2.48. The van der Waals surface area contributed by atoms with E-state index in [0.29, 0.717) is 28.9 Å². The molecule has 0 unspecified atom stereocenters. The Hall–Kier alpha value is -1.60. The van der Waals surface area contributed by atoms with E-state index in [4.69, 9.17) is 21.7 Å². The van der Waals surface area contributed by atoms with Crippen molar-refractivity contribution >= 4 is 45.2 Å². The Balaban J connectivity index is 1.94. The summed E-state index contributed by atoms with van der Waals surface area (Å²) in [6.07, 6.45) is 7.45. The molecule has 5 nitrogen and oxygen atoms in total. The third-order valence-corrected chi connectivity index (χ3v) is 6.26. The number of rotatable bonds is 5. The van der Waals surface area contributed by atoms with E-state index < -0.39 is 0 Å². The lowest BCUT2D eigenvalue weighted by Gasteiger charge is -2.30. The van der Waals surface area contributed by atoms with Crippen molar-refractivity contribution in [2.75, 3.05) is 20.8 Å². The molecule has 146 valence electrons. The molecule has 0 radical (unpaired) electrons. The molecule has 1 saturated heterocycles. The number of hydrogen-bond donors (Lipinski definition) is 0. The summed E-state index contributed by atoms with van der Waals surface area (Å²) in [5, 5.41) is 0.590. The molecule has 1 aromatic rings. The summed E-state index contributed by atoms with van der Waals surface area (Å²) in [5.41, 5.74) is 1.43. The number of likely N-dealkylation sites (N-methyl/N-ethyl adjacent to an activating group) is 1.